The minimum atomic E-state index is -1.19. The maximum atomic E-state index is 12.9. The summed E-state index contributed by atoms with van der Waals surface area (Å²) < 4.78 is 18.0. The Morgan fingerprint density at radius 3 is 2.94 bits per heavy atom. The smallest absolute Gasteiger partial charge is 0.339 e. The van der Waals surface area contributed by atoms with Crippen LogP contribution in [0.2, 0.25) is 0 Å². The largest absolute Gasteiger partial charge is 0.478 e. The highest BCUT2D eigenvalue weighted by molar-refractivity contribution is 5.93. The summed E-state index contributed by atoms with van der Waals surface area (Å²) in [5.41, 5.74) is -0.147. The summed E-state index contributed by atoms with van der Waals surface area (Å²) in [6.45, 7) is 0. The number of hydrogen-bond donors (Lipinski definition) is 2. The van der Waals surface area contributed by atoms with Crippen molar-refractivity contribution in [2.24, 2.45) is 0 Å². The molecule has 0 amide bonds. The van der Waals surface area contributed by atoms with Crippen LogP contribution in [-0.4, -0.2) is 35.3 Å². The molecule has 0 spiro atoms. The first-order valence-electron chi connectivity index (χ1n) is 5.28. The number of carbonyl (C=O) groups is 1. The van der Waals surface area contributed by atoms with Crippen molar-refractivity contribution in [1.82, 2.24) is 4.98 Å². The van der Waals surface area contributed by atoms with Gasteiger partial charge in [-0.2, -0.15) is 0 Å². The number of aromatic carboxylic acids is 1. The second-order valence-electron chi connectivity index (χ2n) is 4.03. The van der Waals surface area contributed by atoms with E-state index in [1.165, 1.54) is 0 Å². The van der Waals surface area contributed by atoms with Crippen LogP contribution in [0.1, 0.15) is 23.2 Å². The zero-order valence-corrected chi connectivity index (χ0v) is 9.31. The van der Waals surface area contributed by atoms with Crippen LogP contribution in [0.3, 0.4) is 0 Å². The van der Waals surface area contributed by atoms with Gasteiger partial charge in [0.1, 0.15) is 17.2 Å². The predicted octanol–water partition coefficient (Wildman–Crippen LogP) is 1.51. The zero-order chi connectivity index (χ0) is 12.4. The van der Waals surface area contributed by atoms with Gasteiger partial charge >= 0.3 is 5.97 Å². The summed E-state index contributed by atoms with van der Waals surface area (Å²) in [6, 6.07) is 1.10. The molecule has 1 saturated carbocycles. The quantitative estimate of drug-likeness (QED) is 0.834. The summed E-state index contributed by atoms with van der Waals surface area (Å²) in [4.78, 5) is 14.7. The number of carboxylic acids is 1. The first-order valence-corrected chi connectivity index (χ1v) is 5.28. The molecule has 2 N–H and O–H groups in total. The van der Waals surface area contributed by atoms with E-state index in [-0.39, 0.29) is 23.5 Å². The number of hydrogen-bond acceptors (Lipinski definition) is 4. The molecule has 17 heavy (non-hydrogen) atoms. The average Bonchev–Trinajstić information content (AvgIpc) is 2.24. The molecule has 1 aliphatic rings. The highest BCUT2D eigenvalue weighted by Gasteiger charge is 2.30. The molecule has 6 heteroatoms. The van der Waals surface area contributed by atoms with Crippen LogP contribution in [0.5, 0.6) is 0 Å². The number of ether oxygens (including phenoxy) is 1. The predicted molar refractivity (Wildman–Crippen MR) is 58.6 cm³/mol. The summed E-state index contributed by atoms with van der Waals surface area (Å²) in [7, 11) is 1.64. The number of aromatic nitrogens is 1. The van der Waals surface area contributed by atoms with Gasteiger partial charge in [-0.25, -0.2) is 14.2 Å². The van der Waals surface area contributed by atoms with E-state index in [1.54, 1.807) is 7.11 Å². The van der Waals surface area contributed by atoms with Gasteiger partial charge in [0.15, 0.2) is 0 Å². The molecule has 1 heterocycles. The van der Waals surface area contributed by atoms with E-state index in [2.05, 4.69) is 10.3 Å². The minimum Gasteiger partial charge on any atom is -0.478 e. The molecule has 92 valence electrons. The lowest BCUT2D eigenvalue weighted by molar-refractivity contribution is 0.0327. The van der Waals surface area contributed by atoms with Crippen LogP contribution < -0.4 is 5.32 Å². The van der Waals surface area contributed by atoms with Crippen molar-refractivity contribution in [3.05, 3.63) is 23.6 Å². The fourth-order valence-electron chi connectivity index (χ4n) is 1.79. The number of nitrogens with one attached hydrogen (secondary N) is 1. The van der Waals surface area contributed by atoms with Gasteiger partial charge in [0.2, 0.25) is 0 Å². The number of carboxylic acid groups (broad SMARTS) is 1. The fourth-order valence-corrected chi connectivity index (χ4v) is 1.79. The Morgan fingerprint density at radius 2 is 2.35 bits per heavy atom. The number of rotatable bonds is 4. The van der Waals surface area contributed by atoms with Crippen LogP contribution in [0.25, 0.3) is 0 Å². The van der Waals surface area contributed by atoms with Crippen LogP contribution in [0.15, 0.2) is 12.3 Å². The zero-order valence-electron chi connectivity index (χ0n) is 9.31. The molecule has 0 atom stereocenters. The van der Waals surface area contributed by atoms with Crippen molar-refractivity contribution in [3.63, 3.8) is 0 Å². The number of anilines is 1. The van der Waals surface area contributed by atoms with Crippen molar-refractivity contribution in [3.8, 4) is 0 Å². The Kier molecular flexibility index (Phi) is 3.23. The molecule has 0 unspecified atom stereocenters. The van der Waals surface area contributed by atoms with Gasteiger partial charge in [-0.15, -0.1) is 0 Å². The molecule has 0 radical (unpaired) electrons. The standard InChI is InChI=1S/C11H13FN2O3/c1-17-8-3-7(4-8)14-10-9(11(15)16)2-6(12)5-13-10/h2,5,7-8H,3-4H2,1H3,(H,13,14)(H,15,16). The first-order chi connectivity index (χ1) is 8.10. The van der Waals surface area contributed by atoms with Gasteiger partial charge in [0, 0.05) is 13.2 Å². The van der Waals surface area contributed by atoms with Crippen molar-refractivity contribution in [2.45, 2.75) is 25.0 Å². The van der Waals surface area contributed by atoms with E-state index in [0.717, 1.165) is 25.1 Å². The highest BCUT2D eigenvalue weighted by Crippen LogP contribution is 2.27. The van der Waals surface area contributed by atoms with Gasteiger partial charge in [-0.05, 0) is 18.9 Å². The van der Waals surface area contributed by atoms with Gasteiger partial charge in [-0.3, -0.25) is 0 Å². The molecule has 2 rings (SSSR count). The fraction of sp³-hybridized carbons (Fsp3) is 0.455. The topological polar surface area (TPSA) is 71.5 Å². The molecule has 0 aliphatic heterocycles. The molecule has 0 saturated heterocycles. The Bertz CT molecular complexity index is 433. The molecule has 5 nitrogen and oxygen atoms in total. The highest BCUT2D eigenvalue weighted by atomic mass is 19.1. The number of halogens is 1. The molecule has 0 bridgehead atoms. The van der Waals surface area contributed by atoms with Gasteiger partial charge < -0.3 is 15.2 Å². The van der Waals surface area contributed by atoms with Gasteiger partial charge in [-0.1, -0.05) is 0 Å². The first kappa shape index (κ1) is 11.8. The molecule has 1 aromatic rings. The average molecular weight is 240 g/mol. The van der Waals surface area contributed by atoms with Crippen molar-refractivity contribution >= 4 is 11.8 Å². The minimum absolute atomic E-state index is 0.135. The number of pyridine rings is 1. The summed E-state index contributed by atoms with van der Waals surface area (Å²) in [5.74, 6) is -1.64. The van der Waals surface area contributed by atoms with Crippen molar-refractivity contribution in [1.29, 1.82) is 0 Å². The van der Waals surface area contributed by atoms with Crippen LogP contribution in [0.4, 0.5) is 10.2 Å². The maximum absolute atomic E-state index is 12.9. The second kappa shape index (κ2) is 4.67. The van der Waals surface area contributed by atoms with E-state index in [4.69, 9.17) is 9.84 Å². The Morgan fingerprint density at radius 1 is 1.65 bits per heavy atom. The van der Waals surface area contributed by atoms with Crippen LogP contribution in [0, 0.1) is 5.82 Å². The van der Waals surface area contributed by atoms with Crippen LogP contribution >= 0.6 is 0 Å². The van der Waals surface area contributed by atoms with E-state index >= 15 is 0 Å². The van der Waals surface area contributed by atoms with Gasteiger partial charge in [0.25, 0.3) is 0 Å². The number of nitrogens with zero attached hydrogens (tertiary/aromatic N) is 1. The maximum Gasteiger partial charge on any atom is 0.339 e. The molecular formula is C11H13FN2O3. The van der Waals surface area contributed by atoms with E-state index in [1.807, 2.05) is 0 Å². The third-order valence-electron chi connectivity index (χ3n) is 2.85. The van der Waals surface area contributed by atoms with Gasteiger partial charge in [0.05, 0.1) is 12.3 Å². The SMILES string of the molecule is COC1CC(Nc2ncc(F)cc2C(=O)O)C1. The van der Waals surface area contributed by atoms with E-state index < -0.39 is 11.8 Å². The molecule has 1 aliphatic carbocycles. The lowest BCUT2D eigenvalue weighted by Crippen LogP contribution is -2.40. The third-order valence-corrected chi connectivity index (χ3v) is 2.85. The van der Waals surface area contributed by atoms with E-state index in [9.17, 15) is 9.18 Å². The number of methoxy groups -OCH3 is 1. The Labute approximate surface area is 97.6 Å². The normalized spacial score (nSPS) is 22.9. The monoisotopic (exact) mass is 240 g/mol. The Balaban J connectivity index is 2.08. The lowest BCUT2D eigenvalue weighted by Gasteiger charge is -2.35. The van der Waals surface area contributed by atoms with Crippen molar-refractivity contribution in [2.75, 3.05) is 12.4 Å². The third kappa shape index (κ3) is 2.52. The van der Waals surface area contributed by atoms with E-state index in [0.29, 0.717) is 0 Å². The molecule has 1 aromatic heterocycles. The summed E-state index contributed by atoms with van der Waals surface area (Å²) in [5, 5.41) is 11.9. The molecule has 1 fully saturated rings. The lowest BCUT2D eigenvalue weighted by atomic mass is 9.89. The summed E-state index contributed by atoms with van der Waals surface area (Å²) >= 11 is 0. The molecular weight excluding hydrogens is 227 g/mol. The Hall–Kier alpha value is -1.69. The second-order valence-corrected chi connectivity index (χ2v) is 4.03. The summed E-state index contributed by atoms with van der Waals surface area (Å²) in [6.07, 6.45) is 2.81. The van der Waals surface area contributed by atoms with Crippen molar-refractivity contribution < 1.29 is 19.0 Å². The van der Waals surface area contributed by atoms with Crippen LogP contribution in [-0.2, 0) is 4.74 Å². The molecule has 0 aromatic carbocycles.